The third-order valence-electron chi connectivity index (χ3n) is 3.81. The summed E-state index contributed by atoms with van der Waals surface area (Å²) in [6.45, 7) is 3.72. The molecule has 24 heavy (non-hydrogen) atoms. The Bertz CT molecular complexity index is 675. The highest BCUT2D eigenvalue weighted by Gasteiger charge is 2.04. The molecular weight excluding hydrogens is 302 g/mol. The van der Waals surface area contributed by atoms with E-state index in [1.165, 1.54) is 7.11 Å². The summed E-state index contributed by atoms with van der Waals surface area (Å²) in [4.78, 5) is 13.5. The van der Waals surface area contributed by atoms with Crippen molar-refractivity contribution in [1.29, 1.82) is 0 Å². The van der Waals surface area contributed by atoms with Crippen molar-refractivity contribution in [2.24, 2.45) is 0 Å². The van der Waals surface area contributed by atoms with Crippen LogP contribution in [0.2, 0.25) is 0 Å². The van der Waals surface area contributed by atoms with Crippen LogP contribution in [0.5, 0.6) is 0 Å². The van der Waals surface area contributed by atoms with Gasteiger partial charge in [0.05, 0.1) is 19.3 Å². The van der Waals surface area contributed by atoms with Gasteiger partial charge in [-0.15, -0.1) is 0 Å². The molecule has 4 heteroatoms. The molecule has 0 fully saturated rings. The lowest BCUT2D eigenvalue weighted by atomic mass is 10.1. The maximum absolute atomic E-state index is 11.4. The molecule has 0 atom stereocenters. The lowest BCUT2D eigenvalue weighted by Crippen LogP contribution is -2.25. The minimum Gasteiger partial charge on any atom is -0.465 e. The van der Waals surface area contributed by atoms with Gasteiger partial charge in [0.2, 0.25) is 0 Å². The van der Waals surface area contributed by atoms with Gasteiger partial charge in [-0.05, 0) is 42.3 Å². The van der Waals surface area contributed by atoms with E-state index in [-0.39, 0.29) is 12.6 Å². The molecule has 4 nitrogen and oxygen atoms in total. The van der Waals surface area contributed by atoms with Crippen LogP contribution in [0.15, 0.2) is 48.5 Å². The molecule has 0 aliphatic carbocycles. The summed E-state index contributed by atoms with van der Waals surface area (Å²) in [7, 11) is 1.38. The quantitative estimate of drug-likeness (QED) is 0.625. The Morgan fingerprint density at radius 1 is 1.04 bits per heavy atom. The lowest BCUT2D eigenvalue weighted by molar-refractivity contribution is 0.0600. The van der Waals surface area contributed by atoms with Gasteiger partial charge in [-0.25, -0.2) is 4.79 Å². The van der Waals surface area contributed by atoms with Crippen LogP contribution in [0.4, 0.5) is 5.69 Å². The van der Waals surface area contributed by atoms with Crippen LogP contribution in [0.3, 0.4) is 0 Å². The van der Waals surface area contributed by atoms with E-state index in [4.69, 9.17) is 5.11 Å². The zero-order valence-electron chi connectivity index (χ0n) is 14.1. The molecule has 0 spiro atoms. The Kier molecular flexibility index (Phi) is 6.58. The van der Waals surface area contributed by atoms with E-state index in [1.807, 2.05) is 24.3 Å². The third kappa shape index (κ3) is 4.70. The number of carbonyl (C=O) groups excluding carboxylic acids is 1. The Balaban J connectivity index is 2.05. The molecule has 0 aliphatic rings. The van der Waals surface area contributed by atoms with Gasteiger partial charge in [-0.3, -0.25) is 0 Å². The molecule has 0 bridgehead atoms. The molecule has 0 aromatic heterocycles. The van der Waals surface area contributed by atoms with Gasteiger partial charge in [0.1, 0.15) is 0 Å². The SMILES string of the molecule is CCN(CCO)c1ccc(C=Cc2ccc(C(=O)OC)cc2)cc1. The standard InChI is InChI=1S/C20H23NO3/c1-3-21(14-15-22)19-12-8-17(9-13-19)5-4-16-6-10-18(11-7-16)20(23)24-2/h4-13,22H,3,14-15H2,1-2H3. The first-order chi connectivity index (χ1) is 11.7. The largest absolute Gasteiger partial charge is 0.465 e. The summed E-state index contributed by atoms with van der Waals surface area (Å²) in [5.41, 5.74) is 3.76. The van der Waals surface area contributed by atoms with Gasteiger partial charge in [-0.1, -0.05) is 36.4 Å². The predicted octanol–water partition coefficient (Wildman–Crippen LogP) is 3.46. The van der Waals surface area contributed by atoms with Crippen LogP contribution in [0.1, 0.15) is 28.4 Å². The number of methoxy groups -OCH3 is 1. The highest BCUT2D eigenvalue weighted by atomic mass is 16.5. The molecule has 126 valence electrons. The Hall–Kier alpha value is -2.59. The lowest BCUT2D eigenvalue weighted by Gasteiger charge is -2.21. The number of ether oxygens (including phenoxy) is 1. The zero-order valence-corrected chi connectivity index (χ0v) is 14.1. The van der Waals surface area contributed by atoms with Gasteiger partial charge in [0.25, 0.3) is 0 Å². The number of nitrogens with zero attached hydrogens (tertiary/aromatic N) is 1. The van der Waals surface area contributed by atoms with Gasteiger partial charge in [0.15, 0.2) is 0 Å². The van der Waals surface area contributed by atoms with Crippen LogP contribution >= 0.6 is 0 Å². The number of rotatable bonds is 7. The van der Waals surface area contributed by atoms with Gasteiger partial charge < -0.3 is 14.7 Å². The van der Waals surface area contributed by atoms with Gasteiger partial charge in [0, 0.05) is 18.8 Å². The van der Waals surface area contributed by atoms with Crippen LogP contribution in [0, 0.1) is 0 Å². The highest BCUT2D eigenvalue weighted by Crippen LogP contribution is 2.17. The second-order valence-electron chi connectivity index (χ2n) is 5.34. The molecular formula is C20H23NO3. The van der Waals surface area contributed by atoms with Crippen LogP contribution in [-0.4, -0.2) is 37.9 Å². The summed E-state index contributed by atoms with van der Waals surface area (Å²) in [5, 5.41) is 9.08. The van der Waals surface area contributed by atoms with E-state index < -0.39 is 0 Å². The molecule has 0 saturated heterocycles. The average Bonchev–Trinajstić information content (AvgIpc) is 2.64. The maximum Gasteiger partial charge on any atom is 0.337 e. The Morgan fingerprint density at radius 2 is 1.58 bits per heavy atom. The molecule has 0 amide bonds. The molecule has 0 saturated carbocycles. The molecule has 2 rings (SSSR count). The molecule has 0 heterocycles. The second-order valence-corrected chi connectivity index (χ2v) is 5.34. The molecule has 0 unspecified atom stereocenters. The number of hydrogen-bond donors (Lipinski definition) is 1. The Morgan fingerprint density at radius 3 is 2.04 bits per heavy atom. The number of anilines is 1. The van der Waals surface area contributed by atoms with Crippen molar-refractivity contribution in [1.82, 2.24) is 0 Å². The average molecular weight is 325 g/mol. The van der Waals surface area contributed by atoms with Crippen LogP contribution in [0.25, 0.3) is 12.2 Å². The highest BCUT2D eigenvalue weighted by molar-refractivity contribution is 5.89. The number of aliphatic hydroxyl groups excluding tert-OH is 1. The number of benzene rings is 2. The fourth-order valence-corrected chi connectivity index (χ4v) is 2.43. The van der Waals surface area contributed by atoms with Gasteiger partial charge in [-0.2, -0.15) is 0 Å². The fourth-order valence-electron chi connectivity index (χ4n) is 2.43. The van der Waals surface area contributed by atoms with Crippen molar-refractivity contribution in [3.05, 3.63) is 65.2 Å². The van der Waals surface area contributed by atoms with E-state index in [1.54, 1.807) is 12.1 Å². The summed E-state index contributed by atoms with van der Waals surface area (Å²) in [5.74, 6) is -0.329. The third-order valence-corrected chi connectivity index (χ3v) is 3.81. The van der Waals surface area contributed by atoms with Crippen molar-refractivity contribution < 1.29 is 14.6 Å². The van der Waals surface area contributed by atoms with Crippen molar-refractivity contribution in [2.45, 2.75) is 6.92 Å². The molecule has 2 aromatic carbocycles. The topological polar surface area (TPSA) is 49.8 Å². The van der Waals surface area contributed by atoms with Crippen molar-refractivity contribution in [3.8, 4) is 0 Å². The van der Waals surface area contributed by atoms with E-state index in [2.05, 4.69) is 40.8 Å². The normalized spacial score (nSPS) is 10.8. The van der Waals surface area contributed by atoms with Crippen LogP contribution < -0.4 is 4.90 Å². The number of aliphatic hydroxyl groups is 1. The number of carbonyl (C=O) groups is 1. The minimum absolute atomic E-state index is 0.150. The smallest absolute Gasteiger partial charge is 0.337 e. The minimum atomic E-state index is -0.329. The molecule has 0 radical (unpaired) electrons. The number of hydrogen-bond acceptors (Lipinski definition) is 4. The first-order valence-corrected chi connectivity index (χ1v) is 8.00. The van der Waals surface area contributed by atoms with Crippen molar-refractivity contribution in [3.63, 3.8) is 0 Å². The summed E-state index contributed by atoms with van der Waals surface area (Å²) < 4.78 is 4.69. The van der Waals surface area contributed by atoms with E-state index >= 15 is 0 Å². The summed E-state index contributed by atoms with van der Waals surface area (Å²) in [6, 6.07) is 15.5. The van der Waals surface area contributed by atoms with E-state index in [0.29, 0.717) is 12.1 Å². The molecule has 0 aliphatic heterocycles. The number of esters is 1. The first-order valence-electron chi connectivity index (χ1n) is 8.00. The van der Waals surface area contributed by atoms with Crippen LogP contribution in [-0.2, 0) is 4.74 Å². The summed E-state index contributed by atoms with van der Waals surface area (Å²) in [6.07, 6.45) is 4.03. The summed E-state index contributed by atoms with van der Waals surface area (Å²) >= 11 is 0. The second kappa shape index (κ2) is 8.89. The number of likely N-dealkylation sites (N-methyl/N-ethyl adjacent to an activating group) is 1. The monoisotopic (exact) mass is 325 g/mol. The van der Waals surface area contributed by atoms with Crippen molar-refractivity contribution >= 4 is 23.8 Å². The van der Waals surface area contributed by atoms with Gasteiger partial charge >= 0.3 is 5.97 Å². The van der Waals surface area contributed by atoms with E-state index in [9.17, 15) is 4.79 Å². The molecule has 1 N–H and O–H groups in total. The fraction of sp³-hybridized carbons (Fsp3) is 0.250. The zero-order chi connectivity index (χ0) is 17.4. The first kappa shape index (κ1) is 17.8. The molecule has 2 aromatic rings. The maximum atomic E-state index is 11.4. The van der Waals surface area contributed by atoms with Crippen molar-refractivity contribution in [2.75, 3.05) is 31.7 Å². The van der Waals surface area contributed by atoms with E-state index in [0.717, 1.165) is 23.4 Å². The predicted molar refractivity (Wildman–Crippen MR) is 98.1 cm³/mol. The Labute approximate surface area is 143 Å².